The summed E-state index contributed by atoms with van der Waals surface area (Å²) in [6.07, 6.45) is 5.23. The van der Waals surface area contributed by atoms with Crippen LogP contribution in [0.1, 0.15) is 32.6 Å². The summed E-state index contributed by atoms with van der Waals surface area (Å²) in [4.78, 5) is 10.6. The topological polar surface area (TPSA) is 49.3 Å². The quantitative estimate of drug-likeness (QED) is 0.613. The molecule has 0 aromatic carbocycles. The molecule has 0 aromatic rings. The van der Waals surface area contributed by atoms with Gasteiger partial charge in [-0.1, -0.05) is 6.42 Å². The van der Waals surface area contributed by atoms with Gasteiger partial charge in [0, 0.05) is 13.1 Å². The molecule has 0 radical (unpaired) electrons. The van der Waals surface area contributed by atoms with Crippen molar-refractivity contribution in [2.24, 2.45) is 0 Å². The lowest BCUT2D eigenvalue weighted by Gasteiger charge is -2.20. The smallest absolute Gasteiger partial charge is 0.220 e. The molecule has 3 nitrogen and oxygen atoms in total. The molecule has 12 heavy (non-hydrogen) atoms. The summed E-state index contributed by atoms with van der Waals surface area (Å²) in [7, 11) is 0. The predicted octanol–water partition coefficient (Wildman–Crippen LogP) is 0.941. The van der Waals surface area contributed by atoms with Crippen molar-refractivity contribution in [2.45, 2.75) is 38.7 Å². The molecule has 1 aliphatic rings. The van der Waals surface area contributed by atoms with Crippen molar-refractivity contribution in [3.05, 3.63) is 11.8 Å². The number of aliphatic hydroxyl groups excluding tert-OH is 1. The third-order valence-corrected chi connectivity index (χ3v) is 2.08. The summed E-state index contributed by atoms with van der Waals surface area (Å²) in [5, 5.41) is 12.0. The van der Waals surface area contributed by atoms with Crippen LogP contribution in [0.2, 0.25) is 0 Å². The maximum absolute atomic E-state index is 10.6. The summed E-state index contributed by atoms with van der Waals surface area (Å²) < 4.78 is 0. The largest absolute Gasteiger partial charge is 0.389 e. The van der Waals surface area contributed by atoms with Crippen LogP contribution in [0.15, 0.2) is 11.8 Å². The van der Waals surface area contributed by atoms with E-state index < -0.39 is 0 Å². The van der Waals surface area contributed by atoms with Crippen LogP contribution in [0.3, 0.4) is 0 Å². The standard InChI is InChI=1S/C9H15NO2/c1-7(11)10-6-8-4-2-3-5-9(8)12/h6,9,12H,2-5H2,1H3,(H,10,11)/b8-6-/t9-/m0/s1. The molecule has 1 amide bonds. The van der Waals surface area contributed by atoms with E-state index in [-0.39, 0.29) is 12.0 Å². The average Bonchev–Trinajstić information content (AvgIpc) is 2.03. The third-order valence-electron chi connectivity index (χ3n) is 2.08. The first-order valence-corrected chi connectivity index (χ1v) is 4.34. The molecule has 2 N–H and O–H groups in total. The number of rotatable bonds is 1. The Balaban J connectivity index is 2.47. The summed E-state index contributed by atoms with van der Waals surface area (Å²) in [5.41, 5.74) is 0.955. The fourth-order valence-electron chi connectivity index (χ4n) is 1.38. The number of carbonyl (C=O) groups is 1. The zero-order valence-corrected chi connectivity index (χ0v) is 7.34. The Morgan fingerprint density at radius 1 is 1.67 bits per heavy atom. The van der Waals surface area contributed by atoms with Gasteiger partial charge in [0.2, 0.25) is 5.91 Å². The Morgan fingerprint density at radius 3 is 3.00 bits per heavy atom. The average molecular weight is 169 g/mol. The highest BCUT2D eigenvalue weighted by molar-refractivity contribution is 5.74. The zero-order chi connectivity index (χ0) is 8.97. The molecule has 0 unspecified atom stereocenters. The van der Waals surface area contributed by atoms with Crippen molar-refractivity contribution in [1.82, 2.24) is 5.32 Å². The highest BCUT2D eigenvalue weighted by Gasteiger charge is 2.15. The highest BCUT2D eigenvalue weighted by atomic mass is 16.3. The minimum absolute atomic E-state index is 0.0831. The molecule has 0 aliphatic heterocycles. The Labute approximate surface area is 72.5 Å². The first-order valence-electron chi connectivity index (χ1n) is 4.34. The van der Waals surface area contributed by atoms with Gasteiger partial charge in [-0.3, -0.25) is 4.79 Å². The van der Waals surface area contributed by atoms with E-state index >= 15 is 0 Å². The predicted molar refractivity (Wildman–Crippen MR) is 46.4 cm³/mol. The molecular weight excluding hydrogens is 154 g/mol. The van der Waals surface area contributed by atoms with Crippen LogP contribution < -0.4 is 5.32 Å². The first-order chi connectivity index (χ1) is 5.70. The van der Waals surface area contributed by atoms with Crippen LogP contribution in [0.25, 0.3) is 0 Å². The molecule has 0 spiro atoms. The number of carbonyl (C=O) groups excluding carboxylic acids is 1. The lowest BCUT2D eigenvalue weighted by atomic mass is 9.93. The molecule has 1 aliphatic carbocycles. The molecular formula is C9H15NO2. The van der Waals surface area contributed by atoms with Crippen LogP contribution in [-0.4, -0.2) is 17.1 Å². The minimum Gasteiger partial charge on any atom is -0.389 e. The SMILES string of the molecule is CC(=O)N/C=C1/CCCC[C@@H]1O. The monoisotopic (exact) mass is 169 g/mol. The fourth-order valence-corrected chi connectivity index (χ4v) is 1.38. The second-order valence-electron chi connectivity index (χ2n) is 3.18. The molecule has 1 saturated carbocycles. The number of hydrogen-bond acceptors (Lipinski definition) is 2. The Morgan fingerprint density at radius 2 is 2.42 bits per heavy atom. The van der Waals surface area contributed by atoms with E-state index in [0.717, 1.165) is 31.3 Å². The maximum Gasteiger partial charge on any atom is 0.220 e. The zero-order valence-electron chi connectivity index (χ0n) is 7.34. The van der Waals surface area contributed by atoms with Gasteiger partial charge in [0.15, 0.2) is 0 Å². The van der Waals surface area contributed by atoms with E-state index in [1.54, 1.807) is 6.20 Å². The van der Waals surface area contributed by atoms with Crippen molar-refractivity contribution in [1.29, 1.82) is 0 Å². The lowest BCUT2D eigenvalue weighted by Crippen LogP contribution is -2.20. The van der Waals surface area contributed by atoms with Crippen molar-refractivity contribution in [3.8, 4) is 0 Å². The van der Waals surface area contributed by atoms with Crippen LogP contribution in [0, 0.1) is 0 Å². The van der Waals surface area contributed by atoms with E-state index in [0.29, 0.717) is 0 Å². The van der Waals surface area contributed by atoms with Crippen LogP contribution >= 0.6 is 0 Å². The van der Waals surface area contributed by atoms with Crippen LogP contribution in [-0.2, 0) is 4.79 Å². The van der Waals surface area contributed by atoms with E-state index in [4.69, 9.17) is 0 Å². The molecule has 1 rings (SSSR count). The Hall–Kier alpha value is -0.830. The molecule has 0 heterocycles. The van der Waals surface area contributed by atoms with Crippen LogP contribution in [0.5, 0.6) is 0 Å². The summed E-state index contributed by atoms with van der Waals surface area (Å²) in [5.74, 6) is -0.0831. The summed E-state index contributed by atoms with van der Waals surface area (Å²) in [6.45, 7) is 1.46. The molecule has 0 saturated heterocycles. The normalized spacial score (nSPS) is 27.2. The van der Waals surface area contributed by atoms with Gasteiger partial charge < -0.3 is 10.4 Å². The summed E-state index contributed by atoms with van der Waals surface area (Å²) in [6, 6.07) is 0. The van der Waals surface area contributed by atoms with Gasteiger partial charge >= 0.3 is 0 Å². The Kier molecular flexibility index (Phi) is 3.29. The minimum atomic E-state index is -0.342. The van der Waals surface area contributed by atoms with Crippen molar-refractivity contribution in [2.75, 3.05) is 0 Å². The highest BCUT2D eigenvalue weighted by Crippen LogP contribution is 2.22. The van der Waals surface area contributed by atoms with Crippen molar-refractivity contribution in [3.63, 3.8) is 0 Å². The molecule has 0 aromatic heterocycles. The van der Waals surface area contributed by atoms with Gasteiger partial charge in [-0.05, 0) is 24.8 Å². The second kappa shape index (κ2) is 4.26. The van der Waals surface area contributed by atoms with Gasteiger partial charge in [0.25, 0.3) is 0 Å². The number of hydrogen-bond donors (Lipinski definition) is 2. The number of aliphatic hydroxyl groups is 1. The van der Waals surface area contributed by atoms with Gasteiger partial charge in [0.1, 0.15) is 0 Å². The maximum atomic E-state index is 10.6. The van der Waals surface area contributed by atoms with E-state index in [1.165, 1.54) is 6.92 Å². The molecule has 0 bridgehead atoms. The van der Waals surface area contributed by atoms with Crippen molar-refractivity contribution < 1.29 is 9.90 Å². The van der Waals surface area contributed by atoms with Gasteiger partial charge in [-0.25, -0.2) is 0 Å². The first kappa shape index (κ1) is 9.26. The van der Waals surface area contributed by atoms with Gasteiger partial charge in [-0.15, -0.1) is 0 Å². The Bertz CT molecular complexity index is 199. The van der Waals surface area contributed by atoms with E-state index in [1.807, 2.05) is 0 Å². The van der Waals surface area contributed by atoms with Gasteiger partial charge in [0.05, 0.1) is 6.10 Å². The third kappa shape index (κ3) is 2.66. The van der Waals surface area contributed by atoms with Crippen molar-refractivity contribution >= 4 is 5.91 Å². The molecule has 68 valence electrons. The number of nitrogens with one attached hydrogen (secondary N) is 1. The van der Waals surface area contributed by atoms with E-state index in [2.05, 4.69) is 5.32 Å². The molecule has 3 heteroatoms. The lowest BCUT2D eigenvalue weighted by molar-refractivity contribution is -0.118. The number of amides is 1. The second-order valence-corrected chi connectivity index (χ2v) is 3.18. The molecule has 1 fully saturated rings. The van der Waals surface area contributed by atoms with E-state index in [9.17, 15) is 9.90 Å². The summed E-state index contributed by atoms with van der Waals surface area (Å²) >= 11 is 0. The van der Waals surface area contributed by atoms with Crippen LogP contribution in [0.4, 0.5) is 0 Å². The molecule has 1 atom stereocenters. The van der Waals surface area contributed by atoms with Gasteiger partial charge in [-0.2, -0.15) is 0 Å². The fraction of sp³-hybridized carbons (Fsp3) is 0.667.